The molecule has 10 atom stereocenters. The molecule has 1 fully saturated rings. The van der Waals surface area contributed by atoms with Crippen LogP contribution in [0.25, 0.3) is 0 Å². The van der Waals surface area contributed by atoms with Crippen molar-refractivity contribution < 1.29 is 5.11 Å². The van der Waals surface area contributed by atoms with Gasteiger partial charge in [0.2, 0.25) is 0 Å². The van der Waals surface area contributed by atoms with E-state index in [0.717, 1.165) is 30.1 Å². The minimum atomic E-state index is -0.254. The number of rotatable bonds is 5. The molecule has 1 saturated carbocycles. The molecule has 0 heterocycles. The topological polar surface area (TPSA) is 20.2 Å². The summed E-state index contributed by atoms with van der Waals surface area (Å²) in [5, 5.41) is 11.5. The molecule has 0 amide bonds. The third-order valence-corrected chi connectivity index (χ3v) is 9.90. The second-order valence-corrected chi connectivity index (χ2v) is 14.5. The molecule has 0 aliphatic heterocycles. The lowest BCUT2D eigenvalue weighted by molar-refractivity contribution is 0.00430. The highest BCUT2D eigenvalue weighted by Gasteiger charge is 2.34. The van der Waals surface area contributed by atoms with Gasteiger partial charge in [0, 0.05) is 0 Å². The van der Waals surface area contributed by atoms with Gasteiger partial charge in [-0.05, 0) is 113 Å². The molecule has 0 aromatic carbocycles. The average Bonchev–Trinajstić information content (AvgIpc) is 3.11. The van der Waals surface area contributed by atoms with Crippen LogP contribution in [0.2, 0.25) is 0 Å². The van der Waals surface area contributed by atoms with Crippen LogP contribution in [0.4, 0.5) is 0 Å². The molecule has 0 aromatic rings. The third-order valence-electron chi connectivity index (χ3n) is 9.90. The summed E-state index contributed by atoms with van der Waals surface area (Å²) in [5.74, 6) is 5.35. The minimum absolute atomic E-state index is 0.245. The van der Waals surface area contributed by atoms with Crippen LogP contribution in [0.5, 0.6) is 0 Å². The Labute approximate surface area is 318 Å². The van der Waals surface area contributed by atoms with Crippen molar-refractivity contribution in [3.8, 4) is 0 Å². The molecule has 2 aliphatic carbocycles. The molecule has 2 aliphatic rings. The zero-order chi connectivity index (χ0) is 40.2. The molecule has 296 valence electrons. The van der Waals surface area contributed by atoms with Crippen molar-refractivity contribution in [2.24, 2.45) is 53.3 Å². The van der Waals surface area contributed by atoms with Crippen molar-refractivity contribution in [2.75, 3.05) is 0 Å². The van der Waals surface area contributed by atoms with Gasteiger partial charge in [0.15, 0.2) is 0 Å². The highest BCUT2D eigenvalue weighted by molar-refractivity contribution is 5.19. The van der Waals surface area contributed by atoms with E-state index in [1.165, 1.54) is 62.5 Å². The molecule has 0 spiro atoms. The van der Waals surface area contributed by atoms with Crippen LogP contribution in [0.15, 0.2) is 86.6 Å². The molecule has 8 unspecified atom stereocenters. The first-order valence-electron chi connectivity index (χ1n) is 20.8. The van der Waals surface area contributed by atoms with Crippen LogP contribution in [0, 0.1) is 53.3 Å². The van der Waals surface area contributed by atoms with Gasteiger partial charge in [0.05, 0.1) is 6.10 Å². The van der Waals surface area contributed by atoms with Crippen molar-refractivity contribution >= 4 is 0 Å². The van der Waals surface area contributed by atoms with Gasteiger partial charge in [-0.3, -0.25) is 0 Å². The zero-order valence-corrected chi connectivity index (χ0v) is 37.2. The SMILES string of the molecule is C=C.C=C.C=CC.CC.CC.CCC.CC[C@@H]1CC(C)/C=C(C)/C=C/C([C@@H](C)C(O)C(C)C2CCC(C)C(C)C2)C/C=C/C=C(\C)CC(C)C1. The van der Waals surface area contributed by atoms with Crippen molar-refractivity contribution in [1.29, 1.82) is 0 Å². The van der Waals surface area contributed by atoms with Crippen molar-refractivity contribution in [3.63, 3.8) is 0 Å². The Balaban J connectivity index is -0.000000422. The molecule has 1 heteroatoms. The minimum Gasteiger partial charge on any atom is -0.393 e. The van der Waals surface area contributed by atoms with Crippen molar-refractivity contribution in [1.82, 2.24) is 0 Å². The number of hydrogen-bond donors (Lipinski definition) is 1. The quantitative estimate of drug-likeness (QED) is 0.283. The van der Waals surface area contributed by atoms with Gasteiger partial charge < -0.3 is 5.11 Å². The van der Waals surface area contributed by atoms with E-state index in [4.69, 9.17) is 0 Å². The maximum absolute atomic E-state index is 11.5. The van der Waals surface area contributed by atoms with Crippen LogP contribution in [-0.4, -0.2) is 11.2 Å². The van der Waals surface area contributed by atoms with Crippen LogP contribution in [0.1, 0.15) is 169 Å². The first-order chi connectivity index (χ1) is 23.8. The average molecular weight is 699 g/mol. The summed E-state index contributed by atoms with van der Waals surface area (Å²) < 4.78 is 0. The van der Waals surface area contributed by atoms with E-state index in [0.29, 0.717) is 23.7 Å². The lowest BCUT2D eigenvalue weighted by atomic mass is 9.68. The maximum atomic E-state index is 11.5. The van der Waals surface area contributed by atoms with E-state index >= 15 is 0 Å². The summed E-state index contributed by atoms with van der Waals surface area (Å²) >= 11 is 0. The Morgan fingerprint density at radius 3 is 1.84 bits per heavy atom. The second kappa shape index (κ2) is 39.9. The monoisotopic (exact) mass is 699 g/mol. The van der Waals surface area contributed by atoms with Crippen LogP contribution >= 0.6 is 0 Å². The van der Waals surface area contributed by atoms with E-state index in [2.05, 4.69) is 146 Å². The first kappa shape index (κ1) is 57.5. The molecule has 1 nitrogen and oxygen atoms in total. The van der Waals surface area contributed by atoms with Gasteiger partial charge in [-0.1, -0.05) is 163 Å². The molecule has 0 radical (unpaired) electrons. The first-order valence-corrected chi connectivity index (χ1v) is 20.8. The van der Waals surface area contributed by atoms with E-state index in [-0.39, 0.29) is 12.0 Å². The van der Waals surface area contributed by atoms with Gasteiger partial charge in [0.25, 0.3) is 0 Å². The zero-order valence-electron chi connectivity index (χ0n) is 37.2. The Hall–Kier alpha value is -1.86. The normalized spacial score (nSPS) is 30.3. The van der Waals surface area contributed by atoms with E-state index in [1.54, 1.807) is 6.08 Å². The Bertz CT molecular complexity index is 841. The van der Waals surface area contributed by atoms with Crippen molar-refractivity contribution in [3.05, 3.63) is 86.6 Å². The fourth-order valence-electron chi connectivity index (χ4n) is 7.09. The molecule has 0 saturated heterocycles. The number of hydrogen-bond acceptors (Lipinski definition) is 1. The summed E-state index contributed by atoms with van der Waals surface area (Å²) in [6.07, 6.45) is 26.8. The Kier molecular flexibility index (Phi) is 45.9. The fourth-order valence-corrected chi connectivity index (χ4v) is 7.09. The number of aliphatic hydroxyl groups excluding tert-OH is 1. The summed E-state index contributed by atoms with van der Waals surface area (Å²) in [7, 11) is 0. The molecular formula is C49H94O. The Morgan fingerprint density at radius 2 is 1.36 bits per heavy atom. The smallest absolute Gasteiger partial charge is 0.0599 e. The second-order valence-electron chi connectivity index (χ2n) is 14.5. The highest BCUT2D eigenvalue weighted by Crippen LogP contribution is 2.40. The van der Waals surface area contributed by atoms with Crippen LogP contribution in [-0.2, 0) is 0 Å². The summed E-state index contributed by atoms with van der Waals surface area (Å²) in [5.41, 5.74) is 2.85. The van der Waals surface area contributed by atoms with Gasteiger partial charge in [-0.15, -0.1) is 32.9 Å². The molecule has 1 N–H and O–H groups in total. The van der Waals surface area contributed by atoms with E-state index < -0.39 is 0 Å². The fraction of sp³-hybridized carbons (Fsp3) is 0.714. The third kappa shape index (κ3) is 28.8. The van der Waals surface area contributed by atoms with E-state index in [1.807, 2.05) is 34.6 Å². The van der Waals surface area contributed by atoms with E-state index in [9.17, 15) is 5.11 Å². The summed E-state index contributed by atoms with van der Waals surface area (Å²) in [6, 6.07) is 0. The van der Waals surface area contributed by atoms with Gasteiger partial charge in [0.1, 0.15) is 0 Å². The van der Waals surface area contributed by atoms with Gasteiger partial charge in [-0.2, -0.15) is 0 Å². The molecule has 50 heavy (non-hydrogen) atoms. The summed E-state index contributed by atoms with van der Waals surface area (Å²) in [6.45, 7) is 50.6. The summed E-state index contributed by atoms with van der Waals surface area (Å²) in [4.78, 5) is 0. The standard InChI is InChI=1S/C35H60O.C3H8.C3H6.2C2H6.2C2H4/c1-10-32-21-26(4)19-24(2)13-11-12-14-33(17-15-25(3)20-27(5)22-32)30(8)35(36)31(9)34-18-16-28(6)29(7)23-34;2*1-3-2;4*1-2/h11-13,15,17,20,26-36H,10,14,16,18-19,21-23H2,1-9H3;3H2,1-2H3;3H,1H2,2H3;2*1-2H3;2*1-2H2/b12-11+,17-15+,24-13+,25-20+;;;;;;/t26?,27?,28?,29?,30-,31?,32+,33?,34?,35?;;;;;;/m1....../s1. The van der Waals surface area contributed by atoms with Gasteiger partial charge in [-0.25, -0.2) is 0 Å². The lowest BCUT2D eigenvalue weighted by Gasteiger charge is -2.39. The molecule has 2 rings (SSSR count). The lowest BCUT2D eigenvalue weighted by Crippen LogP contribution is -2.37. The molecule has 0 bridgehead atoms. The van der Waals surface area contributed by atoms with Gasteiger partial charge >= 0.3 is 0 Å². The predicted octanol–water partition coefficient (Wildman–Crippen LogP) is 16.5. The molecular weight excluding hydrogens is 605 g/mol. The van der Waals surface area contributed by atoms with Crippen molar-refractivity contribution in [2.45, 2.75) is 175 Å². The number of aliphatic hydroxyl groups is 1. The number of allylic oxidation sites excluding steroid dienone is 9. The maximum Gasteiger partial charge on any atom is 0.0599 e. The van der Waals surface area contributed by atoms with Crippen LogP contribution < -0.4 is 0 Å². The largest absolute Gasteiger partial charge is 0.393 e. The molecule has 0 aromatic heterocycles. The van der Waals surface area contributed by atoms with Crippen LogP contribution in [0.3, 0.4) is 0 Å². The Morgan fingerprint density at radius 1 is 0.840 bits per heavy atom. The predicted molar refractivity (Wildman–Crippen MR) is 237 cm³/mol. The highest BCUT2D eigenvalue weighted by atomic mass is 16.3.